The van der Waals surface area contributed by atoms with Crippen LogP contribution in [0.4, 0.5) is 0 Å². The third kappa shape index (κ3) is 4.67. The van der Waals surface area contributed by atoms with E-state index in [1.165, 1.54) is 5.56 Å². The number of aromatic nitrogens is 1. The van der Waals surface area contributed by atoms with Gasteiger partial charge >= 0.3 is 0 Å². The Hall–Kier alpha value is -2.66. The molecule has 0 aliphatic rings. The van der Waals surface area contributed by atoms with Gasteiger partial charge in [0.2, 0.25) is 5.91 Å². The maximum atomic E-state index is 12.1. The molecule has 1 aromatic heterocycles. The van der Waals surface area contributed by atoms with Gasteiger partial charge in [-0.3, -0.25) is 4.79 Å². The van der Waals surface area contributed by atoms with Crippen LogP contribution in [0.3, 0.4) is 0 Å². The number of hydrogen-bond donors (Lipinski definition) is 1. The Labute approximate surface area is 151 Å². The summed E-state index contributed by atoms with van der Waals surface area (Å²) in [6.45, 7) is 2.56. The van der Waals surface area contributed by atoms with E-state index in [-0.39, 0.29) is 5.91 Å². The molecule has 0 radical (unpaired) electrons. The molecule has 0 spiro atoms. The van der Waals surface area contributed by atoms with E-state index in [9.17, 15) is 4.79 Å². The first kappa shape index (κ1) is 17.2. The molecule has 0 bridgehead atoms. The van der Waals surface area contributed by atoms with E-state index in [1.807, 2.05) is 29.6 Å². The van der Waals surface area contributed by atoms with Gasteiger partial charge < -0.3 is 10.1 Å². The number of benzene rings is 2. The molecule has 25 heavy (non-hydrogen) atoms. The molecule has 0 fully saturated rings. The Balaban J connectivity index is 1.55. The second kappa shape index (κ2) is 7.94. The predicted octanol–water partition coefficient (Wildman–Crippen LogP) is 3.99. The number of nitrogens with zero attached hydrogens (tertiary/aromatic N) is 1. The van der Waals surface area contributed by atoms with Gasteiger partial charge in [-0.1, -0.05) is 42.0 Å². The Bertz CT molecular complexity index is 839. The number of ether oxygens (including phenoxy) is 1. The van der Waals surface area contributed by atoms with Gasteiger partial charge in [-0.15, -0.1) is 11.3 Å². The average Bonchev–Trinajstić information content (AvgIpc) is 3.09. The highest BCUT2D eigenvalue weighted by Gasteiger charge is 2.09. The quantitative estimate of drug-likeness (QED) is 0.730. The first-order chi connectivity index (χ1) is 12.1. The number of aryl methyl sites for hydroxylation is 1. The molecule has 1 heterocycles. The van der Waals surface area contributed by atoms with Crippen LogP contribution in [0.5, 0.6) is 5.75 Å². The summed E-state index contributed by atoms with van der Waals surface area (Å²) in [6.07, 6.45) is 0.290. The van der Waals surface area contributed by atoms with Crippen molar-refractivity contribution >= 4 is 17.2 Å². The number of carbonyl (C=O) groups excluding carboxylic acids is 1. The van der Waals surface area contributed by atoms with Crippen molar-refractivity contribution in [1.29, 1.82) is 0 Å². The van der Waals surface area contributed by atoms with Crippen molar-refractivity contribution in [3.8, 4) is 16.3 Å². The molecule has 5 heteroatoms. The zero-order valence-corrected chi connectivity index (χ0v) is 15.1. The van der Waals surface area contributed by atoms with Gasteiger partial charge in [-0.25, -0.2) is 4.98 Å². The van der Waals surface area contributed by atoms with Crippen LogP contribution < -0.4 is 10.1 Å². The van der Waals surface area contributed by atoms with Gasteiger partial charge in [0.1, 0.15) is 10.8 Å². The summed E-state index contributed by atoms with van der Waals surface area (Å²) >= 11 is 1.56. The Morgan fingerprint density at radius 2 is 1.84 bits per heavy atom. The van der Waals surface area contributed by atoms with Crippen LogP contribution in [-0.2, 0) is 17.8 Å². The third-order valence-corrected chi connectivity index (χ3v) is 4.78. The molecule has 3 aromatic rings. The number of hydrogen-bond acceptors (Lipinski definition) is 4. The van der Waals surface area contributed by atoms with Crippen LogP contribution in [0, 0.1) is 6.92 Å². The standard InChI is InChI=1S/C20H20N2O2S/c1-14-3-7-16(8-4-14)20-22-17(13-25-20)11-19(23)21-12-15-5-9-18(24-2)10-6-15/h3-10,13H,11-12H2,1-2H3,(H,21,23). The van der Waals surface area contributed by atoms with Crippen LogP contribution in [0.15, 0.2) is 53.9 Å². The van der Waals surface area contributed by atoms with E-state index >= 15 is 0 Å². The highest BCUT2D eigenvalue weighted by molar-refractivity contribution is 7.13. The normalized spacial score (nSPS) is 10.5. The smallest absolute Gasteiger partial charge is 0.226 e. The Morgan fingerprint density at radius 1 is 1.12 bits per heavy atom. The van der Waals surface area contributed by atoms with Crippen LogP contribution in [-0.4, -0.2) is 18.0 Å². The number of carbonyl (C=O) groups is 1. The second-order valence-electron chi connectivity index (χ2n) is 5.81. The predicted molar refractivity (Wildman–Crippen MR) is 101 cm³/mol. The van der Waals surface area contributed by atoms with E-state index in [0.717, 1.165) is 27.6 Å². The fourth-order valence-corrected chi connectivity index (χ4v) is 3.21. The summed E-state index contributed by atoms with van der Waals surface area (Å²) in [6, 6.07) is 15.9. The van der Waals surface area contributed by atoms with E-state index in [2.05, 4.69) is 41.5 Å². The maximum absolute atomic E-state index is 12.1. The Morgan fingerprint density at radius 3 is 2.52 bits per heavy atom. The molecule has 0 aliphatic carbocycles. The molecule has 0 saturated heterocycles. The van der Waals surface area contributed by atoms with Crippen molar-refractivity contribution < 1.29 is 9.53 Å². The minimum Gasteiger partial charge on any atom is -0.497 e. The van der Waals surface area contributed by atoms with E-state index < -0.39 is 0 Å². The molecule has 0 unspecified atom stereocenters. The summed E-state index contributed by atoms with van der Waals surface area (Å²) in [5.41, 5.74) is 4.14. The van der Waals surface area contributed by atoms with Gasteiger partial charge in [0.15, 0.2) is 0 Å². The van der Waals surface area contributed by atoms with Crippen molar-refractivity contribution in [2.45, 2.75) is 19.9 Å². The summed E-state index contributed by atoms with van der Waals surface area (Å²) in [5.74, 6) is 0.776. The Kier molecular flexibility index (Phi) is 5.46. The fraction of sp³-hybridized carbons (Fsp3) is 0.200. The van der Waals surface area contributed by atoms with Gasteiger partial charge in [0.25, 0.3) is 0 Å². The lowest BCUT2D eigenvalue weighted by Gasteiger charge is -2.05. The van der Waals surface area contributed by atoms with Crippen LogP contribution in [0.25, 0.3) is 10.6 Å². The van der Waals surface area contributed by atoms with Gasteiger partial charge in [-0.05, 0) is 24.6 Å². The molecular formula is C20H20N2O2S. The molecule has 2 aromatic carbocycles. The van der Waals surface area contributed by atoms with Crippen molar-refractivity contribution in [3.05, 3.63) is 70.7 Å². The van der Waals surface area contributed by atoms with Crippen LogP contribution in [0.2, 0.25) is 0 Å². The molecule has 3 rings (SSSR count). The number of methoxy groups -OCH3 is 1. The fourth-order valence-electron chi connectivity index (χ4n) is 2.39. The largest absolute Gasteiger partial charge is 0.497 e. The third-order valence-electron chi connectivity index (χ3n) is 3.84. The second-order valence-corrected chi connectivity index (χ2v) is 6.67. The van der Waals surface area contributed by atoms with Crippen LogP contribution >= 0.6 is 11.3 Å². The maximum Gasteiger partial charge on any atom is 0.226 e. The lowest BCUT2D eigenvalue weighted by molar-refractivity contribution is -0.120. The summed E-state index contributed by atoms with van der Waals surface area (Å²) in [4.78, 5) is 16.7. The summed E-state index contributed by atoms with van der Waals surface area (Å²) < 4.78 is 5.12. The van der Waals surface area contributed by atoms with Gasteiger partial charge in [0.05, 0.1) is 19.2 Å². The molecule has 0 aliphatic heterocycles. The highest BCUT2D eigenvalue weighted by atomic mass is 32.1. The number of rotatable bonds is 6. The molecule has 0 saturated carbocycles. The van der Waals surface area contributed by atoms with Crippen molar-refractivity contribution in [2.24, 2.45) is 0 Å². The molecular weight excluding hydrogens is 332 g/mol. The molecule has 4 nitrogen and oxygen atoms in total. The number of nitrogens with one attached hydrogen (secondary N) is 1. The lowest BCUT2D eigenvalue weighted by Crippen LogP contribution is -2.24. The summed E-state index contributed by atoms with van der Waals surface area (Å²) in [5, 5.41) is 5.82. The topological polar surface area (TPSA) is 51.2 Å². The van der Waals surface area contributed by atoms with E-state index in [0.29, 0.717) is 13.0 Å². The molecule has 1 N–H and O–H groups in total. The van der Waals surface area contributed by atoms with Gasteiger partial charge in [0, 0.05) is 17.5 Å². The monoisotopic (exact) mass is 352 g/mol. The highest BCUT2D eigenvalue weighted by Crippen LogP contribution is 2.24. The minimum atomic E-state index is -0.0309. The van der Waals surface area contributed by atoms with Crippen molar-refractivity contribution in [1.82, 2.24) is 10.3 Å². The number of amides is 1. The lowest BCUT2D eigenvalue weighted by atomic mass is 10.2. The van der Waals surface area contributed by atoms with E-state index in [1.54, 1.807) is 18.4 Å². The zero-order valence-electron chi connectivity index (χ0n) is 14.3. The van der Waals surface area contributed by atoms with Gasteiger partial charge in [-0.2, -0.15) is 0 Å². The minimum absolute atomic E-state index is 0.0309. The average molecular weight is 352 g/mol. The zero-order chi connectivity index (χ0) is 17.6. The summed E-state index contributed by atoms with van der Waals surface area (Å²) in [7, 11) is 1.63. The molecule has 1 amide bonds. The first-order valence-corrected chi connectivity index (χ1v) is 8.93. The van der Waals surface area contributed by atoms with Crippen LogP contribution in [0.1, 0.15) is 16.8 Å². The van der Waals surface area contributed by atoms with Crippen molar-refractivity contribution in [2.75, 3.05) is 7.11 Å². The van der Waals surface area contributed by atoms with E-state index in [4.69, 9.17) is 4.74 Å². The molecule has 0 atom stereocenters. The molecule has 128 valence electrons. The van der Waals surface area contributed by atoms with Crippen molar-refractivity contribution in [3.63, 3.8) is 0 Å². The first-order valence-electron chi connectivity index (χ1n) is 8.05. The number of thiazole rings is 1. The SMILES string of the molecule is COc1ccc(CNC(=O)Cc2csc(-c3ccc(C)cc3)n2)cc1.